The van der Waals surface area contributed by atoms with Crippen molar-refractivity contribution >= 4 is 5.91 Å². The summed E-state index contributed by atoms with van der Waals surface area (Å²) in [6.45, 7) is 3.36. The van der Waals surface area contributed by atoms with Gasteiger partial charge in [-0.3, -0.25) is 4.79 Å². The summed E-state index contributed by atoms with van der Waals surface area (Å²) in [7, 11) is 0. The molecule has 1 fully saturated rings. The fourth-order valence-corrected chi connectivity index (χ4v) is 1.23. The number of amides is 1. The number of carbonyl (C=O) groups is 1. The van der Waals surface area contributed by atoms with Crippen LogP contribution in [-0.4, -0.2) is 25.0 Å². The lowest BCUT2D eigenvalue weighted by atomic mass is 10.2. The average Bonchev–Trinajstić information content (AvgIpc) is 2.45. The van der Waals surface area contributed by atoms with Crippen LogP contribution in [0.15, 0.2) is 0 Å². The van der Waals surface area contributed by atoms with Crippen LogP contribution in [0.3, 0.4) is 0 Å². The van der Waals surface area contributed by atoms with Crippen molar-refractivity contribution in [3.05, 3.63) is 0 Å². The average molecular weight is 166 g/mol. The van der Waals surface area contributed by atoms with Gasteiger partial charge in [-0.1, -0.05) is 5.92 Å². The van der Waals surface area contributed by atoms with Gasteiger partial charge in [-0.2, -0.15) is 0 Å². The fourth-order valence-electron chi connectivity index (χ4n) is 1.23. The van der Waals surface area contributed by atoms with Crippen molar-refractivity contribution in [1.82, 2.24) is 10.6 Å². The second kappa shape index (κ2) is 4.78. The Bertz CT molecular complexity index is 214. The van der Waals surface area contributed by atoms with Crippen LogP contribution in [-0.2, 0) is 4.79 Å². The van der Waals surface area contributed by atoms with E-state index >= 15 is 0 Å². The highest BCUT2D eigenvalue weighted by atomic mass is 16.1. The molecule has 2 N–H and O–H groups in total. The van der Waals surface area contributed by atoms with Crippen LogP contribution < -0.4 is 10.6 Å². The van der Waals surface area contributed by atoms with E-state index in [9.17, 15) is 4.79 Å². The smallest absolute Gasteiger partial charge is 0.220 e. The first kappa shape index (κ1) is 9.08. The molecule has 0 spiro atoms. The molecule has 0 aliphatic carbocycles. The Morgan fingerprint density at radius 3 is 3.17 bits per heavy atom. The van der Waals surface area contributed by atoms with Gasteiger partial charge >= 0.3 is 0 Å². The molecule has 0 aromatic rings. The second-order valence-electron chi connectivity index (χ2n) is 2.86. The predicted molar refractivity (Wildman–Crippen MR) is 47.5 cm³/mol. The van der Waals surface area contributed by atoms with Crippen LogP contribution >= 0.6 is 0 Å². The molecular weight excluding hydrogens is 152 g/mol. The topological polar surface area (TPSA) is 41.1 Å². The highest BCUT2D eigenvalue weighted by Gasteiger charge is 2.19. The van der Waals surface area contributed by atoms with Crippen molar-refractivity contribution < 1.29 is 4.79 Å². The highest BCUT2D eigenvalue weighted by molar-refractivity contribution is 5.78. The standard InChI is InChI=1S/C9H14N2O/c1-2-3-6-10-7-8-4-5-9(12)11-8/h8,10H,4-7H2,1H3,(H,11,12). The number of hydrogen-bond donors (Lipinski definition) is 2. The summed E-state index contributed by atoms with van der Waals surface area (Å²) in [5.74, 6) is 5.88. The SMILES string of the molecule is CC#CCNCC1CCC(=O)N1. The van der Waals surface area contributed by atoms with E-state index in [1.165, 1.54) is 0 Å². The highest BCUT2D eigenvalue weighted by Crippen LogP contribution is 2.04. The van der Waals surface area contributed by atoms with E-state index in [2.05, 4.69) is 22.5 Å². The molecule has 0 saturated carbocycles. The molecule has 1 heterocycles. The first-order valence-corrected chi connectivity index (χ1v) is 4.22. The molecular formula is C9H14N2O. The summed E-state index contributed by atoms with van der Waals surface area (Å²) in [5.41, 5.74) is 0. The third-order valence-electron chi connectivity index (χ3n) is 1.87. The lowest BCUT2D eigenvalue weighted by Gasteiger charge is -2.08. The van der Waals surface area contributed by atoms with E-state index < -0.39 is 0 Å². The Kier molecular flexibility index (Phi) is 3.62. The van der Waals surface area contributed by atoms with E-state index in [1.54, 1.807) is 0 Å². The van der Waals surface area contributed by atoms with E-state index in [1.807, 2.05) is 6.92 Å². The van der Waals surface area contributed by atoms with Crippen LogP contribution in [0.2, 0.25) is 0 Å². The molecule has 3 nitrogen and oxygen atoms in total. The molecule has 1 unspecified atom stereocenters. The summed E-state index contributed by atoms with van der Waals surface area (Å²) >= 11 is 0. The van der Waals surface area contributed by atoms with Gasteiger partial charge in [0.2, 0.25) is 5.91 Å². The maximum absolute atomic E-state index is 10.8. The van der Waals surface area contributed by atoms with Gasteiger partial charge in [0.1, 0.15) is 0 Å². The number of nitrogens with one attached hydrogen (secondary N) is 2. The molecule has 0 bridgehead atoms. The lowest BCUT2D eigenvalue weighted by Crippen LogP contribution is -2.35. The third-order valence-corrected chi connectivity index (χ3v) is 1.87. The molecule has 1 saturated heterocycles. The lowest BCUT2D eigenvalue weighted by molar-refractivity contribution is -0.119. The molecule has 66 valence electrons. The van der Waals surface area contributed by atoms with Crippen LogP contribution in [0.4, 0.5) is 0 Å². The Labute approximate surface area is 72.9 Å². The Hall–Kier alpha value is -1.01. The summed E-state index contributed by atoms with van der Waals surface area (Å²) < 4.78 is 0. The second-order valence-corrected chi connectivity index (χ2v) is 2.86. The van der Waals surface area contributed by atoms with Crippen molar-refractivity contribution in [3.63, 3.8) is 0 Å². The van der Waals surface area contributed by atoms with Crippen molar-refractivity contribution in [3.8, 4) is 11.8 Å². The minimum Gasteiger partial charge on any atom is -0.352 e. The van der Waals surface area contributed by atoms with E-state index in [0.29, 0.717) is 19.0 Å². The largest absolute Gasteiger partial charge is 0.352 e. The Morgan fingerprint density at radius 1 is 1.75 bits per heavy atom. The minimum atomic E-state index is 0.170. The van der Waals surface area contributed by atoms with Gasteiger partial charge in [0.25, 0.3) is 0 Å². The summed E-state index contributed by atoms with van der Waals surface area (Å²) in [5, 5.41) is 6.04. The van der Waals surface area contributed by atoms with E-state index in [4.69, 9.17) is 0 Å². The van der Waals surface area contributed by atoms with Gasteiger partial charge in [-0.05, 0) is 13.3 Å². The van der Waals surface area contributed by atoms with Crippen LogP contribution in [0, 0.1) is 11.8 Å². The normalized spacial score (nSPS) is 21.4. The molecule has 1 amide bonds. The van der Waals surface area contributed by atoms with Crippen LogP contribution in [0.25, 0.3) is 0 Å². The summed E-state index contributed by atoms with van der Waals surface area (Å²) in [6.07, 6.45) is 1.62. The minimum absolute atomic E-state index is 0.170. The van der Waals surface area contributed by atoms with Gasteiger partial charge in [0, 0.05) is 19.0 Å². The van der Waals surface area contributed by atoms with Crippen molar-refractivity contribution in [2.75, 3.05) is 13.1 Å². The fraction of sp³-hybridized carbons (Fsp3) is 0.667. The molecule has 0 aromatic carbocycles. The van der Waals surface area contributed by atoms with Crippen LogP contribution in [0.1, 0.15) is 19.8 Å². The van der Waals surface area contributed by atoms with E-state index in [-0.39, 0.29) is 5.91 Å². The molecule has 12 heavy (non-hydrogen) atoms. The van der Waals surface area contributed by atoms with Crippen molar-refractivity contribution in [2.24, 2.45) is 0 Å². The maximum Gasteiger partial charge on any atom is 0.220 e. The van der Waals surface area contributed by atoms with E-state index in [0.717, 1.165) is 13.0 Å². The Morgan fingerprint density at radius 2 is 2.58 bits per heavy atom. The van der Waals surface area contributed by atoms with Gasteiger partial charge in [-0.25, -0.2) is 0 Å². The zero-order valence-electron chi connectivity index (χ0n) is 7.31. The first-order valence-electron chi connectivity index (χ1n) is 4.22. The van der Waals surface area contributed by atoms with Gasteiger partial charge in [0.05, 0.1) is 6.54 Å². The Balaban J connectivity index is 2.06. The predicted octanol–water partition coefficient (Wildman–Crippen LogP) is -0.122. The number of carbonyl (C=O) groups excluding carboxylic acids is 1. The molecule has 1 aliphatic heterocycles. The third kappa shape index (κ3) is 2.93. The monoisotopic (exact) mass is 166 g/mol. The molecule has 1 atom stereocenters. The van der Waals surface area contributed by atoms with Crippen molar-refractivity contribution in [1.29, 1.82) is 0 Å². The first-order chi connectivity index (χ1) is 5.83. The van der Waals surface area contributed by atoms with Gasteiger partial charge in [0.15, 0.2) is 0 Å². The molecule has 0 aromatic heterocycles. The van der Waals surface area contributed by atoms with Gasteiger partial charge < -0.3 is 10.6 Å². The molecule has 3 heteroatoms. The van der Waals surface area contributed by atoms with Gasteiger partial charge in [-0.15, -0.1) is 5.92 Å². The molecule has 1 rings (SSSR count). The summed E-state index contributed by atoms with van der Waals surface area (Å²) in [6, 6.07) is 0.316. The van der Waals surface area contributed by atoms with Crippen LogP contribution in [0.5, 0.6) is 0 Å². The summed E-state index contributed by atoms with van der Waals surface area (Å²) in [4.78, 5) is 10.8. The molecule has 1 aliphatic rings. The zero-order chi connectivity index (χ0) is 8.81. The quantitative estimate of drug-likeness (QED) is 0.453. The zero-order valence-corrected chi connectivity index (χ0v) is 7.31. The molecule has 0 radical (unpaired) electrons. The number of hydrogen-bond acceptors (Lipinski definition) is 2. The van der Waals surface area contributed by atoms with Crippen molar-refractivity contribution in [2.45, 2.75) is 25.8 Å². The maximum atomic E-state index is 10.8. The number of rotatable bonds is 3.